The van der Waals surface area contributed by atoms with Gasteiger partial charge in [-0.25, -0.2) is 9.37 Å². The minimum Gasteiger partial charge on any atom is -0.324 e. The molecule has 0 saturated carbocycles. The summed E-state index contributed by atoms with van der Waals surface area (Å²) in [4.78, 5) is 31.9. The monoisotopic (exact) mass is 478 g/mol. The first-order valence-electron chi connectivity index (χ1n) is 8.51. The number of hydrogen-bond acceptors (Lipinski definition) is 6. The Labute approximate surface area is 187 Å². The molecule has 0 fully saturated rings. The van der Waals surface area contributed by atoms with Crippen LogP contribution >= 0.6 is 46.9 Å². The summed E-state index contributed by atoms with van der Waals surface area (Å²) >= 11 is 13.6. The van der Waals surface area contributed by atoms with Crippen molar-refractivity contribution >= 4 is 68.9 Å². The van der Waals surface area contributed by atoms with E-state index < -0.39 is 5.82 Å². The predicted octanol–water partition coefficient (Wildman–Crippen LogP) is 5.03. The highest BCUT2D eigenvalue weighted by atomic mass is 35.5. The first-order valence-corrected chi connectivity index (χ1v) is 11.1. The first-order chi connectivity index (χ1) is 14.4. The van der Waals surface area contributed by atoms with Crippen molar-refractivity contribution in [1.29, 1.82) is 0 Å². The molecule has 0 aliphatic rings. The predicted molar refractivity (Wildman–Crippen MR) is 121 cm³/mol. The number of thioether (sulfide) groups is 1. The second kappa shape index (κ2) is 8.68. The molecule has 0 saturated heterocycles. The smallest absolute Gasteiger partial charge is 0.271 e. The summed E-state index contributed by atoms with van der Waals surface area (Å²) in [5.41, 5.74) is 1.21. The molecule has 152 valence electrons. The third kappa shape index (κ3) is 4.31. The van der Waals surface area contributed by atoms with Crippen LogP contribution < -0.4 is 10.9 Å². The molecule has 0 radical (unpaired) electrons. The molecular weight excluding hydrogens is 467 g/mol. The molecule has 6 nitrogen and oxygen atoms in total. The van der Waals surface area contributed by atoms with E-state index in [-0.39, 0.29) is 27.4 Å². The molecule has 0 aliphatic carbocycles. The minimum atomic E-state index is -0.494. The number of hydrogen-bond donors (Lipinski definition) is 2. The summed E-state index contributed by atoms with van der Waals surface area (Å²) < 4.78 is 15.8. The Morgan fingerprint density at radius 2 is 2.07 bits per heavy atom. The second-order valence-electron chi connectivity index (χ2n) is 6.02. The fourth-order valence-electron chi connectivity index (χ4n) is 2.68. The van der Waals surface area contributed by atoms with Gasteiger partial charge in [-0.2, -0.15) is 0 Å². The quantitative estimate of drug-likeness (QED) is 0.239. The zero-order valence-corrected chi connectivity index (χ0v) is 18.2. The average Bonchev–Trinajstić information content (AvgIpc) is 3.06. The van der Waals surface area contributed by atoms with E-state index in [2.05, 4.69) is 15.3 Å². The van der Waals surface area contributed by atoms with Crippen LogP contribution in [0, 0.1) is 9.77 Å². The number of fused-ring (bicyclic) bond motifs is 1. The lowest BCUT2D eigenvalue weighted by molar-refractivity contribution is -0.113. The van der Waals surface area contributed by atoms with Crippen LogP contribution in [0.2, 0.25) is 5.02 Å². The van der Waals surface area contributed by atoms with E-state index in [1.165, 1.54) is 23.5 Å². The van der Waals surface area contributed by atoms with E-state index in [9.17, 15) is 14.0 Å². The molecule has 0 atom stereocenters. The molecule has 0 bridgehead atoms. The molecular formula is C19H12ClFN4O2S3. The number of thiazole rings is 1. The number of nitrogens with zero attached hydrogens (tertiary/aromatic N) is 2. The van der Waals surface area contributed by atoms with Crippen molar-refractivity contribution < 1.29 is 9.18 Å². The van der Waals surface area contributed by atoms with E-state index in [0.29, 0.717) is 20.0 Å². The number of para-hydroxylation sites is 1. The van der Waals surface area contributed by atoms with Crippen molar-refractivity contribution in [3.05, 3.63) is 73.7 Å². The minimum absolute atomic E-state index is 0.0294. The van der Waals surface area contributed by atoms with Crippen LogP contribution in [-0.4, -0.2) is 26.2 Å². The van der Waals surface area contributed by atoms with Crippen LogP contribution in [0.4, 0.5) is 10.1 Å². The Hall–Kier alpha value is -2.53. The van der Waals surface area contributed by atoms with Crippen LogP contribution in [0.3, 0.4) is 0 Å². The molecule has 2 aromatic carbocycles. The molecule has 2 N–H and O–H groups in total. The van der Waals surface area contributed by atoms with Gasteiger partial charge in [-0.05, 0) is 42.5 Å². The molecule has 30 heavy (non-hydrogen) atoms. The number of carbonyl (C=O) groups is 1. The highest BCUT2D eigenvalue weighted by molar-refractivity contribution is 7.99. The lowest BCUT2D eigenvalue weighted by Crippen LogP contribution is -2.16. The summed E-state index contributed by atoms with van der Waals surface area (Å²) in [6, 6.07) is 13.1. The van der Waals surface area contributed by atoms with Crippen LogP contribution in [0.25, 0.3) is 16.0 Å². The zero-order chi connectivity index (χ0) is 21.3. The Bertz CT molecular complexity index is 1370. The number of anilines is 1. The maximum atomic E-state index is 13.1. The molecule has 4 aromatic rings. The summed E-state index contributed by atoms with van der Waals surface area (Å²) in [5, 5.41) is 2.98. The summed E-state index contributed by atoms with van der Waals surface area (Å²) in [6.45, 7) is 0. The lowest BCUT2D eigenvalue weighted by atomic mass is 10.3. The molecule has 1 amide bonds. The Morgan fingerprint density at radius 1 is 1.30 bits per heavy atom. The highest BCUT2D eigenvalue weighted by Gasteiger charge is 2.15. The first kappa shape index (κ1) is 20.7. The maximum Gasteiger partial charge on any atom is 0.271 e. The van der Waals surface area contributed by atoms with E-state index in [0.717, 1.165) is 23.5 Å². The number of aromatic nitrogens is 3. The highest BCUT2D eigenvalue weighted by Crippen LogP contribution is 2.25. The third-order valence-corrected chi connectivity index (χ3v) is 6.53. The average molecular weight is 479 g/mol. The van der Waals surface area contributed by atoms with Crippen LogP contribution in [-0.2, 0) is 4.79 Å². The molecule has 2 heterocycles. The number of nitrogens with one attached hydrogen (secondary N) is 2. The SMILES string of the molecule is O=C(CSc1nc2c(sc(=S)n2-c2ccccc2)c(=O)[nH]1)Nc1ccc(F)cc1Cl. The van der Waals surface area contributed by atoms with Gasteiger partial charge in [0.25, 0.3) is 5.56 Å². The van der Waals surface area contributed by atoms with Gasteiger partial charge in [-0.1, -0.05) is 52.9 Å². The number of amides is 1. The van der Waals surface area contributed by atoms with Gasteiger partial charge in [0.2, 0.25) is 5.91 Å². The van der Waals surface area contributed by atoms with Crippen LogP contribution in [0.1, 0.15) is 0 Å². The standard InChI is InChI=1S/C19H12ClFN4O2S3/c20-12-8-10(21)6-7-13(12)22-14(26)9-29-18-23-16-15(17(27)24-18)30-19(28)25(16)11-4-2-1-3-5-11/h1-8H,9H2,(H,22,26)(H,23,24,27). The molecule has 0 aliphatic heterocycles. The Balaban J connectivity index is 1.58. The van der Waals surface area contributed by atoms with Gasteiger partial charge in [0.15, 0.2) is 14.8 Å². The van der Waals surface area contributed by atoms with Gasteiger partial charge in [0.1, 0.15) is 10.5 Å². The zero-order valence-electron chi connectivity index (χ0n) is 15.0. The molecule has 0 unspecified atom stereocenters. The van der Waals surface area contributed by atoms with Crippen molar-refractivity contribution in [2.45, 2.75) is 5.16 Å². The van der Waals surface area contributed by atoms with E-state index in [1.54, 1.807) is 4.57 Å². The molecule has 2 aromatic heterocycles. The van der Waals surface area contributed by atoms with Gasteiger partial charge in [-0.15, -0.1) is 0 Å². The van der Waals surface area contributed by atoms with Gasteiger partial charge >= 0.3 is 0 Å². The van der Waals surface area contributed by atoms with Gasteiger partial charge in [0.05, 0.1) is 16.5 Å². The normalized spacial score (nSPS) is 11.0. The van der Waals surface area contributed by atoms with Crippen molar-refractivity contribution in [2.75, 3.05) is 11.1 Å². The van der Waals surface area contributed by atoms with Gasteiger partial charge in [0, 0.05) is 5.69 Å². The summed E-state index contributed by atoms with van der Waals surface area (Å²) in [5.74, 6) is -0.897. The number of benzene rings is 2. The van der Waals surface area contributed by atoms with Crippen molar-refractivity contribution in [3.63, 3.8) is 0 Å². The Kier molecular flexibility index (Phi) is 6.00. The molecule has 0 spiro atoms. The van der Waals surface area contributed by atoms with E-state index in [1.807, 2.05) is 30.3 Å². The largest absolute Gasteiger partial charge is 0.324 e. The van der Waals surface area contributed by atoms with E-state index in [4.69, 9.17) is 23.8 Å². The number of rotatable bonds is 5. The number of carbonyl (C=O) groups excluding carboxylic acids is 1. The van der Waals surface area contributed by atoms with Crippen LogP contribution in [0.5, 0.6) is 0 Å². The fourth-order valence-corrected chi connectivity index (χ4v) is 4.82. The van der Waals surface area contributed by atoms with Crippen molar-refractivity contribution in [2.24, 2.45) is 0 Å². The van der Waals surface area contributed by atoms with Crippen molar-refractivity contribution in [3.8, 4) is 5.69 Å². The van der Waals surface area contributed by atoms with Gasteiger partial charge < -0.3 is 10.3 Å². The number of H-pyrrole nitrogens is 1. The number of aromatic amines is 1. The molecule has 4 rings (SSSR count). The summed E-state index contributed by atoms with van der Waals surface area (Å²) in [7, 11) is 0. The molecule has 11 heteroatoms. The number of halogens is 2. The fraction of sp³-hybridized carbons (Fsp3) is 0.0526. The topological polar surface area (TPSA) is 79.8 Å². The van der Waals surface area contributed by atoms with Crippen molar-refractivity contribution in [1.82, 2.24) is 14.5 Å². The maximum absolute atomic E-state index is 13.1. The van der Waals surface area contributed by atoms with Crippen LogP contribution in [0.15, 0.2) is 58.5 Å². The second-order valence-corrected chi connectivity index (χ2v) is 9.04. The Morgan fingerprint density at radius 3 is 2.80 bits per heavy atom. The van der Waals surface area contributed by atoms with E-state index >= 15 is 0 Å². The third-order valence-electron chi connectivity index (χ3n) is 3.98. The summed E-state index contributed by atoms with van der Waals surface area (Å²) in [6.07, 6.45) is 0. The lowest BCUT2D eigenvalue weighted by Gasteiger charge is -2.07. The van der Waals surface area contributed by atoms with Gasteiger partial charge in [-0.3, -0.25) is 14.2 Å².